The zero-order valence-electron chi connectivity index (χ0n) is 21.3. The molecule has 3 heterocycles. The molecular weight excluding hydrogens is 448 g/mol. The Balaban J connectivity index is 1.42. The van der Waals surface area contributed by atoms with Gasteiger partial charge in [0.15, 0.2) is 0 Å². The second-order valence-corrected chi connectivity index (χ2v) is 9.76. The molecule has 186 valence electrons. The number of anilines is 1. The van der Waals surface area contributed by atoms with Crippen LogP contribution in [0.25, 0.3) is 10.9 Å². The molecular formula is C29H34N6O. The van der Waals surface area contributed by atoms with Crippen LogP contribution in [0.4, 0.5) is 5.69 Å². The second kappa shape index (κ2) is 10.5. The van der Waals surface area contributed by atoms with Crippen LogP contribution in [0.15, 0.2) is 67.0 Å². The minimum absolute atomic E-state index is 0.0641. The summed E-state index contributed by atoms with van der Waals surface area (Å²) >= 11 is 0. The number of fused-ring (bicyclic) bond motifs is 1. The first kappa shape index (κ1) is 24.0. The number of aromatic nitrogens is 4. The number of carbonyl (C=O) groups is 1. The molecule has 2 aromatic carbocycles. The molecule has 1 saturated heterocycles. The fourth-order valence-electron chi connectivity index (χ4n) is 5.18. The Morgan fingerprint density at radius 2 is 1.81 bits per heavy atom. The topological polar surface area (TPSA) is 67.2 Å². The van der Waals surface area contributed by atoms with Gasteiger partial charge in [0.05, 0.1) is 23.7 Å². The van der Waals surface area contributed by atoms with Gasteiger partial charge in [0.2, 0.25) is 5.91 Å². The Bertz CT molecular complexity index is 1320. The molecule has 1 amide bonds. The van der Waals surface area contributed by atoms with Gasteiger partial charge in [-0.3, -0.25) is 9.48 Å². The normalized spacial score (nSPS) is 16.2. The molecule has 0 saturated carbocycles. The molecule has 5 rings (SSSR count). The number of benzene rings is 2. The number of piperazine rings is 1. The highest BCUT2D eigenvalue weighted by Gasteiger charge is 2.31. The molecule has 0 spiro atoms. The maximum absolute atomic E-state index is 13.4. The van der Waals surface area contributed by atoms with Gasteiger partial charge in [-0.25, -0.2) is 9.97 Å². The van der Waals surface area contributed by atoms with Gasteiger partial charge in [0.1, 0.15) is 5.82 Å². The summed E-state index contributed by atoms with van der Waals surface area (Å²) in [4.78, 5) is 26.3. The van der Waals surface area contributed by atoms with E-state index in [1.165, 1.54) is 22.2 Å². The Hall–Kier alpha value is -3.74. The minimum Gasteiger partial charge on any atom is -0.368 e. The molecule has 1 aliphatic heterocycles. The van der Waals surface area contributed by atoms with Gasteiger partial charge >= 0.3 is 0 Å². The zero-order valence-corrected chi connectivity index (χ0v) is 21.3. The highest BCUT2D eigenvalue weighted by Crippen LogP contribution is 2.29. The fraction of sp³-hybridized carbons (Fsp3) is 0.379. The number of amides is 1. The predicted octanol–water partition coefficient (Wildman–Crippen LogP) is 4.47. The summed E-state index contributed by atoms with van der Waals surface area (Å²) in [6.07, 6.45) is 5.34. The largest absolute Gasteiger partial charge is 0.368 e. The fourth-order valence-corrected chi connectivity index (χ4v) is 5.18. The Kier molecular flexibility index (Phi) is 6.98. The predicted molar refractivity (Wildman–Crippen MR) is 143 cm³/mol. The van der Waals surface area contributed by atoms with Crippen molar-refractivity contribution in [1.29, 1.82) is 0 Å². The number of nitrogens with zero attached hydrogens (tertiary/aromatic N) is 6. The molecule has 1 aliphatic rings. The van der Waals surface area contributed by atoms with Crippen molar-refractivity contribution >= 4 is 22.5 Å². The number of rotatable bonds is 7. The summed E-state index contributed by atoms with van der Waals surface area (Å²) < 4.78 is 2.14. The van der Waals surface area contributed by atoms with Gasteiger partial charge in [-0.1, -0.05) is 37.3 Å². The van der Waals surface area contributed by atoms with E-state index in [0.717, 1.165) is 31.6 Å². The van der Waals surface area contributed by atoms with E-state index in [1.807, 2.05) is 11.0 Å². The van der Waals surface area contributed by atoms with Crippen LogP contribution >= 0.6 is 0 Å². The highest BCUT2D eigenvalue weighted by atomic mass is 16.2. The van der Waals surface area contributed by atoms with Crippen LogP contribution in [0, 0.1) is 0 Å². The number of aryl methyl sites for hydroxylation is 1. The van der Waals surface area contributed by atoms with Crippen LogP contribution in [0.5, 0.6) is 0 Å². The summed E-state index contributed by atoms with van der Waals surface area (Å²) in [5.74, 6) is 0.658. The van der Waals surface area contributed by atoms with Gasteiger partial charge in [-0.05, 0) is 56.5 Å². The van der Waals surface area contributed by atoms with Crippen molar-refractivity contribution in [2.45, 2.75) is 52.1 Å². The van der Waals surface area contributed by atoms with E-state index in [1.54, 1.807) is 18.5 Å². The van der Waals surface area contributed by atoms with Crippen LogP contribution in [-0.2, 0) is 24.1 Å². The summed E-state index contributed by atoms with van der Waals surface area (Å²) in [6, 6.07) is 19.3. The number of hydrogen-bond donors (Lipinski definition) is 0. The SMILES string of the molecule is CCc1nn(C(C)C)c2cc(N3CCN(C(=O)Cc4ncccn4)[C@@H](Cc4ccccc4)C3)ccc12. The van der Waals surface area contributed by atoms with Crippen LogP contribution in [0.2, 0.25) is 0 Å². The van der Waals surface area contributed by atoms with Gasteiger partial charge in [-0.15, -0.1) is 0 Å². The molecule has 0 radical (unpaired) electrons. The molecule has 0 N–H and O–H groups in total. The summed E-state index contributed by atoms with van der Waals surface area (Å²) in [7, 11) is 0. The minimum atomic E-state index is 0.0641. The lowest BCUT2D eigenvalue weighted by Gasteiger charge is -2.42. The molecule has 1 atom stereocenters. The van der Waals surface area contributed by atoms with E-state index in [9.17, 15) is 4.79 Å². The van der Waals surface area contributed by atoms with Crippen molar-refractivity contribution in [2.75, 3.05) is 24.5 Å². The quantitative estimate of drug-likeness (QED) is 0.389. The van der Waals surface area contributed by atoms with E-state index in [4.69, 9.17) is 5.10 Å². The maximum Gasteiger partial charge on any atom is 0.230 e. The summed E-state index contributed by atoms with van der Waals surface area (Å²) in [5.41, 5.74) is 4.74. The lowest BCUT2D eigenvalue weighted by atomic mass is 10.0. The zero-order chi connectivity index (χ0) is 25.1. The highest BCUT2D eigenvalue weighted by molar-refractivity contribution is 5.86. The van der Waals surface area contributed by atoms with Crippen LogP contribution in [-0.4, -0.2) is 56.2 Å². The first-order valence-electron chi connectivity index (χ1n) is 12.9. The Morgan fingerprint density at radius 3 is 2.53 bits per heavy atom. The van der Waals surface area contributed by atoms with E-state index in [2.05, 4.69) is 82.8 Å². The number of hydrogen-bond acceptors (Lipinski definition) is 5. The van der Waals surface area contributed by atoms with Gasteiger partial charge in [0, 0.05) is 49.1 Å². The van der Waals surface area contributed by atoms with Crippen molar-refractivity contribution in [1.82, 2.24) is 24.6 Å². The molecule has 7 heteroatoms. The molecule has 0 unspecified atom stereocenters. The lowest BCUT2D eigenvalue weighted by Crippen LogP contribution is -2.56. The first-order valence-corrected chi connectivity index (χ1v) is 12.9. The Labute approximate surface area is 212 Å². The molecule has 0 bridgehead atoms. The third-order valence-corrected chi connectivity index (χ3v) is 7.00. The third kappa shape index (κ3) is 4.96. The van der Waals surface area contributed by atoms with Crippen molar-refractivity contribution in [3.8, 4) is 0 Å². The average Bonchev–Trinajstić information content (AvgIpc) is 3.28. The lowest BCUT2D eigenvalue weighted by molar-refractivity contribution is -0.133. The molecule has 7 nitrogen and oxygen atoms in total. The third-order valence-electron chi connectivity index (χ3n) is 7.00. The van der Waals surface area contributed by atoms with Gasteiger partial charge in [-0.2, -0.15) is 5.10 Å². The van der Waals surface area contributed by atoms with Crippen molar-refractivity contribution in [3.05, 3.63) is 84.1 Å². The van der Waals surface area contributed by atoms with Gasteiger partial charge in [0.25, 0.3) is 0 Å². The van der Waals surface area contributed by atoms with E-state index >= 15 is 0 Å². The van der Waals surface area contributed by atoms with Crippen molar-refractivity contribution < 1.29 is 4.79 Å². The average molecular weight is 483 g/mol. The monoisotopic (exact) mass is 482 g/mol. The van der Waals surface area contributed by atoms with E-state index in [-0.39, 0.29) is 18.4 Å². The maximum atomic E-state index is 13.4. The van der Waals surface area contributed by atoms with Crippen molar-refractivity contribution in [2.24, 2.45) is 0 Å². The van der Waals surface area contributed by atoms with Crippen LogP contribution in [0.3, 0.4) is 0 Å². The molecule has 2 aromatic heterocycles. The van der Waals surface area contributed by atoms with Gasteiger partial charge < -0.3 is 9.80 Å². The van der Waals surface area contributed by atoms with E-state index in [0.29, 0.717) is 18.4 Å². The smallest absolute Gasteiger partial charge is 0.230 e. The second-order valence-electron chi connectivity index (χ2n) is 9.76. The van der Waals surface area contributed by atoms with Crippen LogP contribution < -0.4 is 4.90 Å². The standard InChI is InChI=1S/C29H34N6O/c1-4-26-25-12-11-23(18-27(25)35(32-26)21(2)3)33-15-16-34(29(36)19-28-30-13-8-14-31-28)24(20-33)17-22-9-6-5-7-10-22/h5-14,18,21,24H,4,15-17,19-20H2,1-3H3/t24-/m0/s1. The molecule has 1 fully saturated rings. The summed E-state index contributed by atoms with van der Waals surface area (Å²) in [6.45, 7) is 8.74. The first-order chi connectivity index (χ1) is 17.5. The number of carbonyl (C=O) groups excluding carboxylic acids is 1. The van der Waals surface area contributed by atoms with Crippen molar-refractivity contribution in [3.63, 3.8) is 0 Å². The summed E-state index contributed by atoms with van der Waals surface area (Å²) in [5, 5.41) is 6.10. The van der Waals surface area contributed by atoms with Crippen LogP contribution in [0.1, 0.15) is 43.9 Å². The molecule has 4 aromatic rings. The van der Waals surface area contributed by atoms with E-state index < -0.39 is 0 Å². The molecule has 36 heavy (non-hydrogen) atoms. The Morgan fingerprint density at radius 1 is 1.03 bits per heavy atom. The molecule has 0 aliphatic carbocycles.